The topological polar surface area (TPSA) is 78.9 Å². The van der Waals surface area contributed by atoms with Crippen LogP contribution in [-0.2, 0) is 28.6 Å². The predicted molar refractivity (Wildman–Crippen MR) is 316 cm³/mol. The summed E-state index contributed by atoms with van der Waals surface area (Å²) in [6.07, 6.45) is 63.9. The van der Waals surface area contributed by atoms with Crippen molar-refractivity contribution < 1.29 is 28.6 Å². The number of hydrogen-bond acceptors (Lipinski definition) is 6. The van der Waals surface area contributed by atoms with Crippen LogP contribution in [0, 0.1) is 17.8 Å². The molecule has 0 amide bonds. The van der Waals surface area contributed by atoms with Crippen molar-refractivity contribution in [2.24, 2.45) is 17.8 Å². The molecule has 1 unspecified atom stereocenters. The molecule has 0 heterocycles. The van der Waals surface area contributed by atoms with Crippen LogP contribution in [0.3, 0.4) is 0 Å². The Morgan fingerprint density at radius 3 is 0.712 bits per heavy atom. The lowest BCUT2D eigenvalue weighted by Gasteiger charge is -2.18. The lowest BCUT2D eigenvalue weighted by molar-refractivity contribution is -0.167. The summed E-state index contributed by atoms with van der Waals surface area (Å²) in [4.78, 5) is 38.3. The van der Waals surface area contributed by atoms with E-state index in [1.165, 1.54) is 257 Å². The quantitative estimate of drug-likeness (QED) is 0.0343. The van der Waals surface area contributed by atoms with E-state index in [0.29, 0.717) is 19.3 Å². The van der Waals surface area contributed by atoms with Crippen LogP contribution >= 0.6 is 0 Å². The largest absolute Gasteiger partial charge is 0.462 e. The summed E-state index contributed by atoms with van der Waals surface area (Å²) in [5.74, 6) is 1.75. The van der Waals surface area contributed by atoms with Gasteiger partial charge in [-0.2, -0.15) is 0 Å². The first-order valence-electron chi connectivity index (χ1n) is 33.1. The van der Waals surface area contributed by atoms with Gasteiger partial charge in [0.2, 0.25) is 0 Å². The number of rotatable bonds is 60. The van der Waals surface area contributed by atoms with Gasteiger partial charge in [0.05, 0.1) is 0 Å². The minimum atomic E-state index is -0.765. The molecule has 0 bridgehead atoms. The Kier molecular flexibility index (Phi) is 56.8. The summed E-state index contributed by atoms with van der Waals surface area (Å²) in [6, 6.07) is 0. The number of carbonyl (C=O) groups excluding carboxylic acids is 3. The Morgan fingerprint density at radius 2 is 0.479 bits per heavy atom. The highest BCUT2D eigenvalue weighted by atomic mass is 16.6. The Hall–Kier alpha value is -1.59. The molecule has 73 heavy (non-hydrogen) atoms. The molecule has 0 saturated heterocycles. The van der Waals surface area contributed by atoms with Gasteiger partial charge in [0.1, 0.15) is 13.2 Å². The maximum Gasteiger partial charge on any atom is 0.306 e. The fourth-order valence-corrected chi connectivity index (χ4v) is 10.4. The summed E-state index contributed by atoms with van der Waals surface area (Å²) in [5, 5.41) is 0. The van der Waals surface area contributed by atoms with Crippen molar-refractivity contribution in [3.8, 4) is 0 Å². The minimum absolute atomic E-state index is 0.0625. The number of carbonyl (C=O) groups is 3. The summed E-state index contributed by atoms with van der Waals surface area (Å²) in [7, 11) is 0. The molecule has 2 atom stereocenters. The fourth-order valence-electron chi connectivity index (χ4n) is 10.4. The Bertz CT molecular complexity index is 1130. The first-order chi connectivity index (χ1) is 35.6. The normalized spacial score (nSPS) is 12.5. The van der Waals surface area contributed by atoms with Crippen LogP contribution in [0.1, 0.15) is 375 Å². The average Bonchev–Trinajstić information content (AvgIpc) is 3.37. The van der Waals surface area contributed by atoms with E-state index in [-0.39, 0.29) is 31.1 Å². The molecule has 0 rings (SSSR count). The van der Waals surface area contributed by atoms with Gasteiger partial charge in [-0.15, -0.1) is 0 Å². The number of ether oxygens (including phenoxy) is 3. The SMILES string of the molecule is CCC(C)CCCCCCCCCCCCCCCCCCCCC(=O)OC[C@@H](COC(=O)CCCCCCCCCCCCCCCCCCC(C)C)OC(=O)CCCCCCCCCCCCCC(C)C. The predicted octanol–water partition coefficient (Wildman–Crippen LogP) is 22.2. The van der Waals surface area contributed by atoms with Crippen LogP contribution in [0.2, 0.25) is 0 Å². The van der Waals surface area contributed by atoms with Gasteiger partial charge in [0.25, 0.3) is 0 Å². The molecule has 0 aliphatic rings. The van der Waals surface area contributed by atoms with Crippen molar-refractivity contribution in [2.45, 2.75) is 382 Å². The monoisotopic (exact) mass is 1030 g/mol. The maximum absolute atomic E-state index is 12.9. The van der Waals surface area contributed by atoms with Gasteiger partial charge in [0.15, 0.2) is 6.10 Å². The zero-order chi connectivity index (χ0) is 53.3. The molecule has 0 fully saturated rings. The zero-order valence-electron chi connectivity index (χ0n) is 50.4. The van der Waals surface area contributed by atoms with Crippen molar-refractivity contribution in [1.82, 2.24) is 0 Å². The van der Waals surface area contributed by atoms with Crippen LogP contribution in [0.15, 0.2) is 0 Å². The molecule has 0 N–H and O–H groups in total. The zero-order valence-corrected chi connectivity index (χ0v) is 50.4. The minimum Gasteiger partial charge on any atom is -0.462 e. The molecule has 0 aliphatic heterocycles. The van der Waals surface area contributed by atoms with Gasteiger partial charge in [-0.25, -0.2) is 0 Å². The average molecular weight is 1030 g/mol. The van der Waals surface area contributed by atoms with Gasteiger partial charge in [-0.1, -0.05) is 337 Å². The van der Waals surface area contributed by atoms with E-state index in [2.05, 4.69) is 41.5 Å². The van der Waals surface area contributed by atoms with Crippen molar-refractivity contribution in [3.63, 3.8) is 0 Å². The van der Waals surface area contributed by atoms with Gasteiger partial charge >= 0.3 is 17.9 Å². The van der Waals surface area contributed by atoms with Crippen LogP contribution < -0.4 is 0 Å². The van der Waals surface area contributed by atoms with E-state index >= 15 is 0 Å². The third-order valence-corrected chi connectivity index (χ3v) is 15.8. The van der Waals surface area contributed by atoms with Gasteiger partial charge in [0, 0.05) is 19.3 Å². The standard InChI is InChI=1S/C67H130O6/c1-7-63(6)55-49-43-37-31-25-19-15-10-8-9-11-16-20-26-32-38-44-50-56-65(68)71-59-64(73-67(70)58-52-46-40-34-28-22-24-30-36-42-48-54-62(4)5)60-72-66(69)57-51-45-39-33-27-21-17-13-12-14-18-23-29-35-41-47-53-61(2)3/h61-64H,7-60H2,1-6H3/t63?,64-/m0/s1. The summed E-state index contributed by atoms with van der Waals surface area (Å²) < 4.78 is 17.0. The summed E-state index contributed by atoms with van der Waals surface area (Å²) >= 11 is 0. The van der Waals surface area contributed by atoms with Gasteiger partial charge in [-0.05, 0) is 37.0 Å². The molecule has 0 radical (unpaired) electrons. The molecule has 0 spiro atoms. The van der Waals surface area contributed by atoms with E-state index in [1.54, 1.807) is 0 Å². The number of esters is 3. The van der Waals surface area contributed by atoms with Crippen LogP contribution in [0.25, 0.3) is 0 Å². The molecule has 6 nitrogen and oxygen atoms in total. The highest BCUT2D eigenvalue weighted by molar-refractivity contribution is 5.71. The lowest BCUT2D eigenvalue weighted by atomic mass is 9.99. The highest BCUT2D eigenvalue weighted by Crippen LogP contribution is 2.20. The van der Waals surface area contributed by atoms with Crippen molar-refractivity contribution in [3.05, 3.63) is 0 Å². The van der Waals surface area contributed by atoms with E-state index in [9.17, 15) is 14.4 Å². The van der Waals surface area contributed by atoms with Crippen LogP contribution in [-0.4, -0.2) is 37.2 Å². The van der Waals surface area contributed by atoms with Crippen LogP contribution in [0.4, 0.5) is 0 Å². The Morgan fingerprint density at radius 1 is 0.274 bits per heavy atom. The Labute approximate surface area is 457 Å². The molecule has 0 aliphatic carbocycles. The van der Waals surface area contributed by atoms with E-state index < -0.39 is 6.10 Å². The van der Waals surface area contributed by atoms with Crippen molar-refractivity contribution in [2.75, 3.05) is 13.2 Å². The maximum atomic E-state index is 12.9. The molecular formula is C67H130O6. The highest BCUT2D eigenvalue weighted by Gasteiger charge is 2.20. The Balaban J connectivity index is 4.24. The van der Waals surface area contributed by atoms with E-state index in [4.69, 9.17) is 14.2 Å². The summed E-state index contributed by atoms with van der Waals surface area (Å²) in [5.41, 5.74) is 0. The second-order valence-electron chi connectivity index (χ2n) is 24.3. The molecule has 434 valence electrons. The van der Waals surface area contributed by atoms with E-state index in [1.807, 2.05) is 0 Å². The van der Waals surface area contributed by atoms with Crippen molar-refractivity contribution >= 4 is 17.9 Å². The molecule has 0 saturated carbocycles. The van der Waals surface area contributed by atoms with E-state index in [0.717, 1.165) is 75.5 Å². The lowest BCUT2D eigenvalue weighted by Crippen LogP contribution is -2.30. The smallest absolute Gasteiger partial charge is 0.306 e. The molecular weight excluding hydrogens is 901 g/mol. The van der Waals surface area contributed by atoms with Gasteiger partial charge < -0.3 is 14.2 Å². The second kappa shape index (κ2) is 58.1. The fraction of sp³-hybridized carbons (Fsp3) is 0.955. The number of hydrogen-bond donors (Lipinski definition) is 0. The third-order valence-electron chi connectivity index (χ3n) is 15.8. The molecule has 6 heteroatoms. The van der Waals surface area contributed by atoms with Crippen molar-refractivity contribution in [1.29, 1.82) is 0 Å². The molecule has 0 aromatic carbocycles. The first kappa shape index (κ1) is 71.4. The summed E-state index contributed by atoms with van der Waals surface area (Å²) in [6.45, 7) is 13.9. The number of unbranched alkanes of at least 4 members (excludes halogenated alkanes) is 42. The van der Waals surface area contributed by atoms with Crippen LogP contribution in [0.5, 0.6) is 0 Å². The molecule has 0 aromatic rings. The third kappa shape index (κ3) is 59.5. The molecule has 0 aromatic heterocycles. The second-order valence-corrected chi connectivity index (χ2v) is 24.3. The van der Waals surface area contributed by atoms with Gasteiger partial charge in [-0.3, -0.25) is 14.4 Å². The first-order valence-corrected chi connectivity index (χ1v) is 33.1.